The summed E-state index contributed by atoms with van der Waals surface area (Å²) in [6, 6.07) is 7.00. The third-order valence-electron chi connectivity index (χ3n) is 5.86. The summed E-state index contributed by atoms with van der Waals surface area (Å²) in [5, 5.41) is 14.7. The van der Waals surface area contributed by atoms with Crippen LogP contribution in [0.1, 0.15) is 36.8 Å². The highest BCUT2D eigenvalue weighted by Crippen LogP contribution is 2.37. The molecule has 2 atom stereocenters. The van der Waals surface area contributed by atoms with E-state index < -0.39 is 21.2 Å². The number of nitrogens with zero attached hydrogens (tertiary/aromatic N) is 6. The van der Waals surface area contributed by atoms with Gasteiger partial charge in [-0.1, -0.05) is 13.0 Å². The van der Waals surface area contributed by atoms with E-state index in [1.165, 1.54) is 18.8 Å². The second-order valence-electron chi connectivity index (χ2n) is 8.39. The van der Waals surface area contributed by atoms with E-state index in [1.807, 2.05) is 13.8 Å². The van der Waals surface area contributed by atoms with Crippen LogP contribution in [-0.4, -0.2) is 62.8 Å². The summed E-state index contributed by atoms with van der Waals surface area (Å²) in [5.41, 5.74) is 2.57. The van der Waals surface area contributed by atoms with Gasteiger partial charge in [0.25, 0.3) is 0 Å². The van der Waals surface area contributed by atoms with Crippen molar-refractivity contribution in [1.82, 2.24) is 34.9 Å². The van der Waals surface area contributed by atoms with Crippen LogP contribution in [0, 0.1) is 13.8 Å². The van der Waals surface area contributed by atoms with Crippen molar-refractivity contribution in [3.8, 4) is 28.7 Å². The molecule has 0 saturated heterocycles. The first kappa shape index (κ1) is 25.1. The number of para-hydroxylation sites is 1. The highest BCUT2D eigenvalue weighted by Gasteiger charge is 2.32. The molecule has 0 fully saturated rings. The van der Waals surface area contributed by atoms with Crippen LogP contribution in [0.2, 0.25) is 0 Å². The van der Waals surface area contributed by atoms with Crippen molar-refractivity contribution < 1.29 is 17.9 Å². The Hall–Kier alpha value is -4.00. The predicted molar refractivity (Wildman–Crippen MR) is 134 cm³/mol. The number of aryl methyl sites for hydroxylation is 2. The van der Waals surface area contributed by atoms with Gasteiger partial charge in [-0.2, -0.15) is 5.10 Å². The fourth-order valence-corrected chi connectivity index (χ4v) is 4.88. The number of hydrogen-bond acceptors (Lipinski definition) is 9. The van der Waals surface area contributed by atoms with Crippen molar-refractivity contribution in [2.75, 3.05) is 18.9 Å². The number of ether oxygens (including phenoxy) is 2. The quantitative estimate of drug-likeness (QED) is 0.345. The molecule has 4 rings (SSSR count). The molecule has 0 aliphatic carbocycles. The van der Waals surface area contributed by atoms with Crippen molar-refractivity contribution >= 4 is 16.0 Å². The van der Waals surface area contributed by atoms with Gasteiger partial charge in [-0.15, -0.1) is 10.2 Å². The summed E-state index contributed by atoms with van der Waals surface area (Å²) in [5.74, 6) is 1.04. The summed E-state index contributed by atoms with van der Waals surface area (Å²) < 4.78 is 42.2. The van der Waals surface area contributed by atoms with E-state index in [2.05, 4.69) is 35.1 Å². The van der Waals surface area contributed by atoms with Crippen LogP contribution in [-0.2, 0) is 10.0 Å². The second kappa shape index (κ2) is 9.93. The topological polar surface area (TPSA) is 150 Å². The third kappa shape index (κ3) is 4.73. The van der Waals surface area contributed by atoms with Crippen LogP contribution in [0.3, 0.4) is 0 Å². The molecule has 0 saturated carbocycles. The molecule has 0 aliphatic rings. The van der Waals surface area contributed by atoms with Crippen LogP contribution >= 0.6 is 0 Å². The first-order chi connectivity index (χ1) is 17.2. The van der Waals surface area contributed by atoms with Crippen molar-refractivity contribution in [3.05, 3.63) is 53.7 Å². The Morgan fingerprint density at radius 3 is 2.22 bits per heavy atom. The number of rotatable bonds is 9. The van der Waals surface area contributed by atoms with Gasteiger partial charge in [0.15, 0.2) is 5.82 Å². The van der Waals surface area contributed by atoms with Gasteiger partial charge in [0.2, 0.25) is 16.0 Å². The van der Waals surface area contributed by atoms with Crippen molar-refractivity contribution in [1.29, 1.82) is 0 Å². The number of hydrogen-bond donors (Lipinski definition) is 2. The van der Waals surface area contributed by atoms with Gasteiger partial charge < -0.3 is 9.47 Å². The molecule has 13 heteroatoms. The molecule has 0 radical (unpaired) electrons. The van der Waals surface area contributed by atoms with Gasteiger partial charge in [0.1, 0.15) is 28.7 Å². The third-order valence-corrected chi connectivity index (χ3v) is 7.71. The van der Waals surface area contributed by atoms with Crippen LogP contribution in [0.4, 0.5) is 5.95 Å². The first-order valence-corrected chi connectivity index (χ1v) is 12.7. The van der Waals surface area contributed by atoms with E-state index in [1.54, 1.807) is 50.5 Å². The molecule has 190 valence electrons. The molecule has 0 bridgehead atoms. The number of sulfonamides is 1. The fourth-order valence-electron chi connectivity index (χ4n) is 3.65. The molecule has 36 heavy (non-hydrogen) atoms. The van der Waals surface area contributed by atoms with Crippen LogP contribution in [0.5, 0.6) is 11.5 Å². The molecular formula is C23H28N8O4S. The van der Waals surface area contributed by atoms with Gasteiger partial charge in [0, 0.05) is 24.0 Å². The molecule has 1 aromatic carbocycles. The lowest BCUT2D eigenvalue weighted by molar-refractivity contribution is 0.391. The predicted octanol–water partition coefficient (Wildman–Crippen LogP) is 3.02. The molecule has 0 aliphatic heterocycles. The average molecular weight is 513 g/mol. The van der Waals surface area contributed by atoms with Gasteiger partial charge in [-0.25, -0.2) is 18.4 Å². The van der Waals surface area contributed by atoms with Crippen molar-refractivity contribution in [2.24, 2.45) is 0 Å². The largest absolute Gasteiger partial charge is 0.494 e. The van der Waals surface area contributed by atoms with Crippen LogP contribution in [0.25, 0.3) is 17.2 Å². The lowest BCUT2D eigenvalue weighted by Crippen LogP contribution is -2.31. The Bertz CT molecular complexity index is 1440. The number of aromatic amines is 1. The Morgan fingerprint density at radius 2 is 1.67 bits per heavy atom. The lowest BCUT2D eigenvalue weighted by Gasteiger charge is -2.21. The highest BCUT2D eigenvalue weighted by molar-refractivity contribution is 7.93. The van der Waals surface area contributed by atoms with Crippen molar-refractivity contribution in [2.45, 2.75) is 38.9 Å². The number of nitrogens with one attached hydrogen (secondary N) is 2. The first-order valence-electron chi connectivity index (χ1n) is 11.2. The van der Waals surface area contributed by atoms with Gasteiger partial charge in [-0.05, 0) is 44.5 Å². The van der Waals surface area contributed by atoms with E-state index in [9.17, 15) is 8.42 Å². The SMILES string of the molecule is COc1cccc(OC)c1-n1c(NS(=O)(=O)C(C)C(C)c2ncc(C)cn2)nnc1-c1cc(C)[nH]n1. The maximum atomic E-state index is 13.5. The number of benzene rings is 1. The average Bonchev–Trinajstić information content (AvgIpc) is 3.48. The van der Waals surface area contributed by atoms with E-state index in [-0.39, 0.29) is 5.95 Å². The summed E-state index contributed by atoms with van der Waals surface area (Å²) in [4.78, 5) is 8.59. The van der Waals surface area contributed by atoms with Crippen LogP contribution in [0.15, 0.2) is 36.7 Å². The zero-order valence-electron chi connectivity index (χ0n) is 20.8. The van der Waals surface area contributed by atoms with Gasteiger partial charge in [0.05, 0.1) is 19.5 Å². The van der Waals surface area contributed by atoms with Crippen LogP contribution < -0.4 is 14.2 Å². The molecule has 3 heterocycles. The summed E-state index contributed by atoms with van der Waals surface area (Å²) in [6.07, 6.45) is 3.32. The lowest BCUT2D eigenvalue weighted by atomic mass is 10.1. The fraction of sp³-hybridized carbons (Fsp3) is 0.348. The van der Waals surface area contributed by atoms with Crippen molar-refractivity contribution in [3.63, 3.8) is 0 Å². The van der Waals surface area contributed by atoms with E-state index in [4.69, 9.17) is 9.47 Å². The maximum absolute atomic E-state index is 13.5. The molecule has 2 unspecified atom stereocenters. The molecule has 4 aromatic rings. The number of aromatic nitrogens is 7. The van der Waals surface area contributed by atoms with Gasteiger partial charge >= 0.3 is 0 Å². The minimum atomic E-state index is -3.97. The van der Waals surface area contributed by atoms with E-state index in [0.717, 1.165) is 11.3 Å². The summed E-state index contributed by atoms with van der Waals surface area (Å²) >= 11 is 0. The highest BCUT2D eigenvalue weighted by atomic mass is 32.2. The van der Waals surface area contributed by atoms with Gasteiger partial charge in [-0.3, -0.25) is 14.4 Å². The molecule has 0 amide bonds. The Kier molecular flexibility index (Phi) is 6.93. The Morgan fingerprint density at radius 1 is 1.03 bits per heavy atom. The molecular weight excluding hydrogens is 484 g/mol. The Balaban J connectivity index is 1.81. The zero-order valence-corrected chi connectivity index (χ0v) is 21.7. The number of methoxy groups -OCH3 is 2. The normalized spacial score (nSPS) is 13.3. The second-order valence-corrected chi connectivity index (χ2v) is 10.4. The molecule has 12 nitrogen and oxygen atoms in total. The summed E-state index contributed by atoms with van der Waals surface area (Å²) in [7, 11) is -0.947. The standard InChI is InChI=1S/C23H28N8O4S/c1-13-11-24-21(25-12-13)15(3)16(4)36(32,33)30-23-29-28-22(17-10-14(2)26-27-17)31(23)20-18(34-5)8-7-9-19(20)35-6/h7-12,15-16H,1-6H3,(H,26,27)(H,29,30). The minimum Gasteiger partial charge on any atom is -0.494 e. The Labute approximate surface area is 209 Å². The molecule has 2 N–H and O–H groups in total. The summed E-state index contributed by atoms with van der Waals surface area (Å²) in [6.45, 7) is 7.08. The van der Waals surface area contributed by atoms with E-state index in [0.29, 0.717) is 34.5 Å². The molecule has 3 aromatic heterocycles. The minimum absolute atomic E-state index is 0.0441. The smallest absolute Gasteiger partial charge is 0.243 e. The number of H-pyrrole nitrogens is 1. The van der Waals surface area contributed by atoms with E-state index >= 15 is 0 Å². The monoisotopic (exact) mass is 512 g/mol. The zero-order chi connectivity index (χ0) is 26.0. The maximum Gasteiger partial charge on any atom is 0.243 e. The number of anilines is 1. The molecule has 0 spiro atoms.